The first kappa shape index (κ1) is 13.4. The van der Waals surface area contributed by atoms with E-state index in [9.17, 15) is 0 Å². The Morgan fingerprint density at radius 2 is 1.85 bits per heavy atom. The third kappa shape index (κ3) is 10.3. The van der Waals surface area contributed by atoms with Crippen LogP contribution < -0.4 is 0 Å². The average Bonchev–Trinajstić information content (AvgIpc) is 2.16. The van der Waals surface area contributed by atoms with Gasteiger partial charge in [-0.25, -0.2) is 0 Å². The van der Waals surface area contributed by atoms with Crippen LogP contribution in [0.25, 0.3) is 0 Å². The molecule has 0 spiro atoms. The molecule has 1 unspecified atom stereocenters. The van der Waals surface area contributed by atoms with Crippen LogP contribution in [0.5, 0.6) is 0 Å². The van der Waals surface area contributed by atoms with Crippen molar-refractivity contribution in [2.45, 2.75) is 26.7 Å². The fraction of sp³-hybridized carbons (Fsp3) is 1.00. The molecular weight excluding hydrogens is 232 g/mol. The molecule has 3 heteroatoms. The van der Waals surface area contributed by atoms with Gasteiger partial charge in [-0.1, -0.05) is 36.2 Å². The molecule has 0 aliphatic rings. The van der Waals surface area contributed by atoms with E-state index in [2.05, 4.69) is 29.8 Å². The lowest BCUT2D eigenvalue weighted by atomic mass is 10.2. The van der Waals surface area contributed by atoms with Gasteiger partial charge in [-0.15, -0.1) is 0 Å². The number of hydrogen-bond donors (Lipinski definition) is 0. The largest absolute Gasteiger partial charge is 0.379 e. The molecule has 13 heavy (non-hydrogen) atoms. The van der Waals surface area contributed by atoms with Crippen LogP contribution in [0.2, 0.25) is 0 Å². The van der Waals surface area contributed by atoms with Crippen molar-refractivity contribution in [1.29, 1.82) is 0 Å². The Kier molecular flexibility index (Phi) is 10.8. The third-order valence-corrected chi connectivity index (χ3v) is 2.79. The smallest absolute Gasteiger partial charge is 0.0700 e. The summed E-state index contributed by atoms with van der Waals surface area (Å²) in [5, 5.41) is 1.00. The Morgan fingerprint density at radius 1 is 1.15 bits per heavy atom. The number of halogens is 1. The SMILES string of the molecule is CCCCOCCOCC(C)CBr. The van der Waals surface area contributed by atoms with Crippen LogP contribution in [-0.4, -0.2) is 31.8 Å². The highest BCUT2D eigenvalue weighted by Gasteiger charge is 1.98. The summed E-state index contributed by atoms with van der Waals surface area (Å²) in [7, 11) is 0. The van der Waals surface area contributed by atoms with Crippen LogP contribution in [0.4, 0.5) is 0 Å². The first-order valence-electron chi connectivity index (χ1n) is 5.02. The van der Waals surface area contributed by atoms with E-state index in [1.165, 1.54) is 6.42 Å². The Labute approximate surface area is 90.1 Å². The lowest BCUT2D eigenvalue weighted by Crippen LogP contribution is -2.11. The van der Waals surface area contributed by atoms with E-state index in [0.717, 1.165) is 38.2 Å². The summed E-state index contributed by atoms with van der Waals surface area (Å²) in [6.45, 7) is 7.47. The van der Waals surface area contributed by atoms with Crippen molar-refractivity contribution >= 4 is 15.9 Å². The lowest BCUT2D eigenvalue weighted by Gasteiger charge is -2.08. The number of ether oxygens (including phenoxy) is 2. The minimum Gasteiger partial charge on any atom is -0.379 e. The summed E-state index contributed by atoms with van der Waals surface area (Å²) in [4.78, 5) is 0. The number of rotatable bonds is 9. The molecule has 0 aromatic heterocycles. The second-order valence-electron chi connectivity index (χ2n) is 3.30. The minimum absolute atomic E-state index is 0.593. The standard InChI is InChI=1S/C10H21BrO2/c1-3-4-5-12-6-7-13-9-10(2)8-11/h10H,3-9H2,1-2H3. The molecule has 0 fully saturated rings. The number of unbranched alkanes of at least 4 members (excludes halogenated alkanes) is 1. The van der Waals surface area contributed by atoms with Crippen LogP contribution in [0.1, 0.15) is 26.7 Å². The maximum atomic E-state index is 5.41. The highest BCUT2D eigenvalue weighted by molar-refractivity contribution is 9.09. The average molecular weight is 253 g/mol. The van der Waals surface area contributed by atoms with E-state index in [-0.39, 0.29) is 0 Å². The van der Waals surface area contributed by atoms with Crippen LogP contribution in [0, 0.1) is 5.92 Å². The molecule has 1 atom stereocenters. The van der Waals surface area contributed by atoms with Crippen LogP contribution in [0.3, 0.4) is 0 Å². The van der Waals surface area contributed by atoms with Gasteiger partial charge < -0.3 is 9.47 Å². The summed E-state index contributed by atoms with van der Waals surface area (Å²) in [6.07, 6.45) is 2.35. The summed E-state index contributed by atoms with van der Waals surface area (Å²) in [6, 6.07) is 0. The fourth-order valence-corrected chi connectivity index (χ4v) is 0.982. The van der Waals surface area contributed by atoms with Crippen molar-refractivity contribution in [2.24, 2.45) is 5.92 Å². The van der Waals surface area contributed by atoms with E-state index < -0.39 is 0 Å². The van der Waals surface area contributed by atoms with Gasteiger partial charge in [0.15, 0.2) is 0 Å². The zero-order chi connectivity index (χ0) is 9.94. The summed E-state index contributed by atoms with van der Waals surface area (Å²) in [5.41, 5.74) is 0. The molecule has 0 aliphatic heterocycles. The molecule has 0 saturated carbocycles. The van der Waals surface area contributed by atoms with Gasteiger partial charge in [-0.05, 0) is 12.3 Å². The van der Waals surface area contributed by atoms with E-state index in [4.69, 9.17) is 9.47 Å². The lowest BCUT2D eigenvalue weighted by molar-refractivity contribution is 0.0376. The highest BCUT2D eigenvalue weighted by atomic mass is 79.9. The number of alkyl halides is 1. The van der Waals surface area contributed by atoms with E-state index in [1.807, 2.05) is 0 Å². The quantitative estimate of drug-likeness (QED) is 0.464. The van der Waals surface area contributed by atoms with Crippen LogP contribution >= 0.6 is 15.9 Å². The Hall–Kier alpha value is 0.400. The molecule has 0 rings (SSSR count). The van der Waals surface area contributed by atoms with Gasteiger partial charge in [-0.3, -0.25) is 0 Å². The zero-order valence-corrected chi connectivity index (χ0v) is 10.3. The highest BCUT2D eigenvalue weighted by Crippen LogP contribution is 1.99. The first-order chi connectivity index (χ1) is 6.31. The van der Waals surface area contributed by atoms with E-state index in [0.29, 0.717) is 5.92 Å². The molecule has 0 amide bonds. The van der Waals surface area contributed by atoms with Gasteiger partial charge in [0, 0.05) is 11.9 Å². The van der Waals surface area contributed by atoms with Crippen LogP contribution in [0.15, 0.2) is 0 Å². The summed E-state index contributed by atoms with van der Waals surface area (Å²) < 4.78 is 10.8. The molecule has 80 valence electrons. The third-order valence-electron chi connectivity index (χ3n) is 1.68. The molecule has 2 nitrogen and oxygen atoms in total. The van der Waals surface area contributed by atoms with Crippen molar-refractivity contribution < 1.29 is 9.47 Å². The fourth-order valence-electron chi connectivity index (χ4n) is 0.795. The second kappa shape index (κ2) is 10.5. The molecule has 0 aliphatic carbocycles. The van der Waals surface area contributed by atoms with Crippen molar-refractivity contribution in [3.63, 3.8) is 0 Å². The van der Waals surface area contributed by atoms with Crippen LogP contribution in [-0.2, 0) is 9.47 Å². The molecule has 0 aromatic rings. The van der Waals surface area contributed by atoms with Gasteiger partial charge in [-0.2, -0.15) is 0 Å². The molecule has 0 bridgehead atoms. The normalized spacial score (nSPS) is 13.2. The second-order valence-corrected chi connectivity index (χ2v) is 3.95. The van der Waals surface area contributed by atoms with E-state index >= 15 is 0 Å². The monoisotopic (exact) mass is 252 g/mol. The van der Waals surface area contributed by atoms with Gasteiger partial charge >= 0.3 is 0 Å². The van der Waals surface area contributed by atoms with Gasteiger partial charge in [0.05, 0.1) is 19.8 Å². The molecule has 0 saturated heterocycles. The van der Waals surface area contributed by atoms with Gasteiger partial charge in [0.1, 0.15) is 0 Å². The van der Waals surface area contributed by atoms with Crippen molar-refractivity contribution in [2.75, 3.05) is 31.8 Å². The predicted molar refractivity (Wildman–Crippen MR) is 59.5 cm³/mol. The molecule has 0 heterocycles. The molecule has 0 N–H and O–H groups in total. The van der Waals surface area contributed by atoms with Crippen molar-refractivity contribution in [3.8, 4) is 0 Å². The molecular formula is C10H21BrO2. The van der Waals surface area contributed by atoms with Gasteiger partial charge in [0.25, 0.3) is 0 Å². The van der Waals surface area contributed by atoms with Gasteiger partial charge in [0.2, 0.25) is 0 Å². The first-order valence-corrected chi connectivity index (χ1v) is 6.14. The molecule has 0 aromatic carbocycles. The number of hydrogen-bond acceptors (Lipinski definition) is 2. The Bertz CT molecular complexity index is 98.9. The topological polar surface area (TPSA) is 18.5 Å². The van der Waals surface area contributed by atoms with E-state index in [1.54, 1.807) is 0 Å². The molecule has 0 radical (unpaired) electrons. The maximum absolute atomic E-state index is 5.41. The minimum atomic E-state index is 0.593. The maximum Gasteiger partial charge on any atom is 0.0700 e. The predicted octanol–water partition coefficient (Wildman–Crippen LogP) is 2.85. The Morgan fingerprint density at radius 3 is 2.46 bits per heavy atom. The summed E-state index contributed by atoms with van der Waals surface area (Å²) in [5.74, 6) is 0.593. The summed E-state index contributed by atoms with van der Waals surface area (Å²) >= 11 is 3.41. The zero-order valence-electron chi connectivity index (χ0n) is 8.72. The van der Waals surface area contributed by atoms with Crippen molar-refractivity contribution in [3.05, 3.63) is 0 Å². The Balaban J connectivity index is 2.91. The van der Waals surface area contributed by atoms with Crippen molar-refractivity contribution in [1.82, 2.24) is 0 Å².